The number of nitrogen functional groups attached to an aromatic ring is 1. The number of rotatable bonds is 4. The van der Waals surface area contributed by atoms with Crippen LogP contribution in [0.2, 0.25) is 0 Å². The Hall–Kier alpha value is -2.01. The molecule has 0 fully saturated rings. The molecule has 1 amide bonds. The molecule has 0 unspecified atom stereocenters. The molecule has 2 N–H and O–H groups in total. The van der Waals surface area contributed by atoms with E-state index in [0.717, 1.165) is 15.8 Å². The van der Waals surface area contributed by atoms with Crippen molar-refractivity contribution in [2.24, 2.45) is 0 Å². The Morgan fingerprint density at radius 3 is 2.71 bits per heavy atom. The van der Waals surface area contributed by atoms with E-state index in [0.29, 0.717) is 17.8 Å². The van der Waals surface area contributed by atoms with Gasteiger partial charge in [0.15, 0.2) is 0 Å². The van der Waals surface area contributed by atoms with Crippen LogP contribution in [0.1, 0.15) is 15.9 Å². The number of nitrogens with zero attached hydrogens (tertiary/aromatic N) is 1. The van der Waals surface area contributed by atoms with Crippen LogP contribution in [-0.4, -0.2) is 25.0 Å². The number of methoxy groups -OCH3 is 1. The van der Waals surface area contributed by atoms with Gasteiger partial charge < -0.3 is 15.4 Å². The maximum Gasteiger partial charge on any atom is 0.254 e. The molecule has 0 bridgehead atoms. The van der Waals surface area contributed by atoms with Gasteiger partial charge >= 0.3 is 0 Å². The van der Waals surface area contributed by atoms with Gasteiger partial charge in [0.05, 0.1) is 7.11 Å². The first-order chi connectivity index (χ1) is 9.99. The molecule has 2 aromatic carbocycles. The first-order valence-electron chi connectivity index (χ1n) is 6.44. The topological polar surface area (TPSA) is 55.6 Å². The fourth-order valence-electron chi connectivity index (χ4n) is 2.07. The van der Waals surface area contributed by atoms with E-state index < -0.39 is 0 Å². The van der Waals surface area contributed by atoms with Crippen molar-refractivity contribution in [3.05, 3.63) is 58.1 Å². The average molecular weight is 349 g/mol. The Labute approximate surface area is 132 Å². The molecule has 2 rings (SSSR count). The van der Waals surface area contributed by atoms with E-state index in [2.05, 4.69) is 15.9 Å². The van der Waals surface area contributed by atoms with Crippen LogP contribution in [0.15, 0.2) is 46.9 Å². The molecule has 5 heteroatoms. The molecule has 0 heterocycles. The minimum absolute atomic E-state index is 0.0779. The standard InChI is InChI=1S/C16H17BrN2O2/c1-19(10-11-4-3-5-15(6-11)21-2)16(20)12-7-13(17)9-14(18)8-12/h3-9H,10,18H2,1-2H3. The lowest BCUT2D eigenvalue weighted by Gasteiger charge is -2.18. The summed E-state index contributed by atoms with van der Waals surface area (Å²) in [7, 11) is 3.39. The molecule has 0 atom stereocenters. The fraction of sp³-hybridized carbons (Fsp3) is 0.188. The number of carbonyl (C=O) groups is 1. The summed E-state index contributed by atoms with van der Waals surface area (Å²) in [5.41, 5.74) is 7.90. The van der Waals surface area contributed by atoms with Crippen LogP contribution in [0.3, 0.4) is 0 Å². The fourth-order valence-corrected chi connectivity index (χ4v) is 2.58. The van der Waals surface area contributed by atoms with Crippen molar-refractivity contribution in [2.75, 3.05) is 19.9 Å². The van der Waals surface area contributed by atoms with E-state index >= 15 is 0 Å². The summed E-state index contributed by atoms with van der Waals surface area (Å²) >= 11 is 3.35. The van der Waals surface area contributed by atoms with E-state index in [4.69, 9.17) is 10.5 Å². The molecule has 4 nitrogen and oxygen atoms in total. The van der Waals surface area contributed by atoms with Crippen molar-refractivity contribution >= 4 is 27.5 Å². The van der Waals surface area contributed by atoms with Gasteiger partial charge in [-0.1, -0.05) is 28.1 Å². The predicted molar refractivity (Wildman–Crippen MR) is 87.3 cm³/mol. The van der Waals surface area contributed by atoms with E-state index in [1.807, 2.05) is 24.3 Å². The number of halogens is 1. The zero-order valence-electron chi connectivity index (χ0n) is 12.0. The van der Waals surface area contributed by atoms with Crippen LogP contribution >= 0.6 is 15.9 Å². The third-order valence-electron chi connectivity index (χ3n) is 3.07. The highest BCUT2D eigenvalue weighted by atomic mass is 79.9. The average Bonchev–Trinajstić information content (AvgIpc) is 2.45. The second kappa shape index (κ2) is 6.63. The number of carbonyl (C=O) groups excluding carboxylic acids is 1. The highest BCUT2D eigenvalue weighted by Gasteiger charge is 2.13. The van der Waals surface area contributed by atoms with Crippen LogP contribution in [0, 0.1) is 0 Å². The van der Waals surface area contributed by atoms with Gasteiger partial charge in [-0.15, -0.1) is 0 Å². The van der Waals surface area contributed by atoms with Crippen molar-refractivity contribution in [1.82, 2.24) is 4.90 Å². The first-order valence-corrected chi connectivity index (χ1v) is 7.23. The van der Waals surface area contributed by atoms with Crippen LogP contribution in [0.25, 0.3) is 0 Å². The lowest BCUT2D eigenvalue weighted by molar-refractivity contribution is 0.0785. The quantitative estimate of drug-likeness (QED) is 0.862. The van der Waals surface area contributed by atoms with Crippen LogP contribution < -0.4 is 10.5 Å². The predicted octanol–water partition coefficient (Wildman–Crippen LogP) is 3.31. The summed E-state index contributed by atoms with van der Waals surface area (Å²) in [5.74, 6) is 0.700. The number of nitrogens with two attached hydrogens (primary N) is 1. The molecular formula is C16H17BrN2O2. The number of ether oxygens (including phenoxy) is 1. The second-order valence-corrected chi connectivity index (χ2v) is 5.70. The van der Waals surface area contributed by atoms with Crippen LogP contribution in [-0.2, 0) is 6.54 Å². The first kappa shape index (κ1) is 15.4. The summed E-state index contributed by atoms with van der Waals surface area (Å²) in [5, 5.41) is 0. The Bertz CT molecular complexity index is 638. The number of benzene rings is 2. The summed E-state index contributed by atoms with van der Waals surface area (Å²) in [4.78, 5) is 14.1. The van der Waals surface area contributed by atoms with Gasteiger partial charge in [-0.2, -0.15) is 0 Å². The molecule has 0 aliphatic rings. The van der Waals surface area contributed by atoms with E-state index in [1.54, 1.807) is 37.3 Å². The molecule has 0 radical (unpaired) electrons. The molecule has 0 spiro atoms. The largest absolute Gasteiger partial charge is 0.497 e. The number of hydrogen-bond acceptors (Lipinski definition) is 3. The lowest BCUT2D eigenvalue weighted by atomic mass is 10.1. The Balaban J connectivity index is 2.15. The van der Waals surface area contributed by atoms with Crippen molar-refractivity contribution in [3.63, 3.8) is 0 Å². The molecule has 2 aromatic rings. The molecule has 0 aliphatic heterocycles. The second-order valence-electron chi connectivity index (χ2n) is 4.79. The van der Waals surface area contributed by atoms with Gasteiger partial charge in [0, 0.05) is 29.3 Å². The normalized spacial score (nSPS) is 10.2. The highest BCUT2D eigenvalue weighted by molar-refractivity contribution is 9.10. The van der Waals surface area contributed by atoms with Crippen LogP contribution in [0.4, 0.5) is 5.69 Å². The SMILES string of the molecule is COc1cccc(CN(C)C(=O)c2cc(N)cc(Br)c2)c1. The number of anilines is 1. The summed E-state index contributed by atoms with van der Waals surface area (Å²) in [6.07, 6.45) is 0. The zero-order valence-corrected chi connectivity index (χ0v) is 13.6. The zero-order chi connectivity index (χ0) is 15.4. The molecule has 0 aliphatic carbocycles. The Kier molecular flexibility index (Phi) is 4.85. The van der Waals surface area contributed by atoms with Crippen molar-refractivity contribution in [2.45, 2.75) is 6.54 Å². The van der Waals surface area contributed by atoms with Crippen molar-refractivity contribution in [1.29, 1.82) is 0 Å². The lowest BCUT2D eigenvalue weighted by Crippen LogP contribution is -2.26. The molecular weight excluding hydrogens is 332 g/mol. The molecule has 0 saturated carbocycles. The van der Waals surface area contributed by atoms with Crippen molar-refractivity contribution < 1.29 is 9.53 Å². The van der Waals surface area contributed by atoms with Gasteiger partial charge in [-0.25, -0.2) is 0 Å². The third kappa shape index (κ3) is 3.98. The van der Waals surface area contributed by atoms with Gasteiger partial charge in [-0.05, 0) is 35.9 Å². The molecule has 0 saturated heterocycles. The van der Waals surface area contributed by atoms with Gasteiger partial charge in [0.1, 0.15) is 5.75 Å². The Morgan fingerprint density at radius 2 is 2.05 bits per heavy atom. The molecule has 110 valence electrons. The molecule has 21 heavy (non-hydrogen) atoms. The Morgan fingerprint density at radius 1 is 1.29 bits per heavy atom. The van der Waals surface area contributed by atoms with E-state index in [-0.39, 0.29) is 5.91 Å². The minimum Gasteiger partial charge on any atom is -0.497 e. The van der Waals surface area contributed by atoms with Crippen molar-refractivity contribution in [3.8, 4) is 5.75 Å². The summed E-state index contributed by atoms with van der Waals surface area (Å²) in [6, 6.07) is 12.9. The summed E-state index contributed by atoms with van der Waals surface area (Å²) < 4.78 is 5.98. The summed E-state index contributed by atoms with van der Waals surface area (Å²) in [6.45, 7) is 0.502. The van der Waals surface area contributed by atoms with Gasteiger partial charge in [0.2, 0.25) is 0 Å². The van der Waals surface area contributed by atoms with Crippen LogP contribution in [0.5, 0.6) is 5.75 Å². The smallest absolute Gasteiger partial charge is 0.254 e. The van der Waals surface area contributed by atoms with E-state index in [1.165, 1.54) is 0 Å². The maximum atomic E-state index is 12.4. The van der Waals surface area contributed by atoms with E-state index in [9.17, 15) is 4.79 Å². The van der Waals surface area contributed by atoms with Gasteiger partial charge in [0.25, 0.3) is 5.91 Å². The molecule has 0 aromatic heterocycles. The number of hydrogen-bond donors (Lipinski definition) is 1. The number of amides is 1. The third-order valence-corrected chi connectivity index (χ3v) is 3.53. The van der Waals surface area contributed by atoms with Gasteiger partial charge in [-0.3, -0.25) is 4.79 Å². The highest BCUT2D eigenvalue weighted by Crippen LogP contribution is 2.19. The monoisotopic (exact) mass is 348 g/mol. The minimum atomic E-state index is -0.0779. The maximum absolute atomic E-state index is 12.4.